The van der Waals surface area contributed by atoms with Crippen molar-refractivity contribution >= 4 is 17.7 Å². The predicted molar refractivity (Wildman–Crippen MR) is 84.4 cm³/mol. The van der Waals surface area contributed by atoms with Crippen molar-refractivity contribution in [3.8, 4) is 5.75 Å². The summed E-state index contributed by atoms with van der Waals surface area (Å²) < 4.78 is 18.5. The molecule has 1 aliphatic carbocycles. The number of benzene rings is 1. The first-order chi connectivity index (χ1) is 10.1. The normalized spacial score (nSPS) is 21.9. The minimum atomic E-state index is -0.428. The Balaban J connectivity index is 1.88. The van der Waals surface area contributed by atoms with Gasteiger partial charge in [-0.05, 0) is 43.2 Å². The lowest BCUT2D eigenvalue weighted by Crippen LogP contribution is -2.39. The van der Waals surface area contributed by atoms with E-state index in [1.54, 1.807) is 12.1 Å². The molecule has 21 heavy (non-hydrogen) atoms. The Labute approximate surface area is 129 Å². The van der Waals surface area contributed by atoms with Crippen LogP contribution in [-0.2, 0) is 11.2 Å². The minimum Gasteiger partial charge on any atom is -0.494 e. The lowest BCUT2D eigenvalue weighted by molar-refractivity contribution is -0.121. The number of thioether (sulfide) groups is 1. The quantitative estimate of drug-likeness (QED) is 0.908. The SMILES string of the molecule is COc1ccc(CC(=O)N[C@@H]2CCC[C@H](SC)C2)cc1F. The molecule has 2 rings (SSSR count). The second-order valence-electron chi connectivity index (χ2n) is 5.43. The van der Waals surface area contributed by atoms with Crippen LogP contribution in [0.3, 0.4) is 0 Å². The summed E-state index contributed by atoms with van der Waals surface area (Å²) in [6.07, 6.45) is 6.80. The molecule has 0 radical (unpaired) electrons. The number of carbonyl (C=O) groups is 1. The van der Waals surface area contributed by atoms with E-state index in [-0.39, 0.29) is 24.1 Å². The molecular formula is C16H22FNO2S. The Bertz CT molecular complexity index is 495. The van der Waals surface area contributed by atoms with Gasteiger partial charge in [-0.3, -0.25) is 4.79 Å². The minimum absolute atomic E-state index is 0.0358. The topological polar surface area (TPSA) is 38.3 Å². The van der Waals surface area contributed by atoms with Gasteiger partial charge in [0.25, 0.3) is 0 Å². The van der Waals surface area contributed by atoms with Gasteiger partial charge in [0.05, 0.1) is 13.5 Å². The van der Waals surface area contributed by atoms with Gasteiger partial charge in [-0.2, -0.15) is 11.8 Å². The molecule has 0 aromatic heterocycles. The summed E-state index contributed by atoms with van der Waals surface area (Å²) in [4.78, 5) is 12.1. The van der Waals surface area contributed by atoms with Gasteiger partial charge in [0.15, 0.2) is 11.6 Å². The van der Waals surface area contributed by atoms with Crippen molar-refractivity contribution in [2.45, 2.75) is 43.4 Å². The average Bonchev–Trinajstić information content (AvgIpc) is 2.47. The van der Waals surface area contributed by atoms with Crippen LogP contribution >= 0.6 is 11.8 Å². The van der Waals surface area contributed by atoms with Crippen molar-refractivity contribution < 1.29 is 13.9 Å². The van der Waals surface area contributed by atoms with E-state index in [2.05, 4.69) is 11.6 Å². The lowest BCUT2D eigenvalue weighted by Gasteiger charge is -2.28. The summed E-state index contributed by atoms with van der Waals surface area (Å²) in [6, 6.07) is 4.91. The number of nitrogens with one attached hydrogen (secondary N) is 1. The maximum atomic E-state index is 13.6. The van der Waals surface area contributed by atoms with Crippen LogP contribution in [0.5, 0.6) is 5.75 Å². The van der Waals surface area contributed by atoms with E-state index in [1.807, 2.05) is 11.8 Å². The first kappa shape index (κ1) is 16.1. The zero-order valence-electron chi connectivity index (χ0n) is 12.5. The highest BCUT2D eigenvalue weighted by Crippen LogP contribution is 2.27. The van der Waals surface area contributed by atoms with Gasteiger partial charge in [-0.15, -0.1) is 0 Å². The molecule has 2 atom stereocenters. The maximum absolute atomic E-state index is 13.6. The van der Waals surface area contributed by atoms with Crippen LogP contribution < -0.4 is 10.1 Å². The maximum Gasteiger partial charge on any atom is 0.224 e. The molecule has 1 aromatic rings. The van der Waals surface area contributed by atoms with Crippen LogP contribution in [0.25, 0.3) is 0 Å². The van der Waals surface area contributed by atoms with E-state index in [9.17, 15) is 9.18 Å². The van der Waals surface area contributed by atoms with E-state index in [0.29, 0.717) is 10.8 Å². The van der Waals surface area contributed by atoms with E-state index >= 15 is 0 Å². The molecule has 5 heteroatoms. The molecule has 1 fully saturated rings. The fourth-order valence-electron chi connectivity index (χ4n) is 2.77. The van der Waals surface area contributed by atoms with Gasteiger partial charge in [0.1, 0.15) is 0 Å². The Morgan fingerprint density at radius 3 is 2.95 bits per heavy atom. The first-order valence-electron chi connectivity index (χ1n) is 7.27. The van der Waals surface area contributed by atoms with Crippen LogP contribution in [0, 0.1) is 5.82 Å². The van der Waals surface area contributed by atoms with E-state index in [0.717, 1.165) is 19.3 Å². The van der Waals surface area contributed by atoms with E-state index in [4.69, 9.17) is 4.74 Å². The molecule has 1 aliphatic rings. The molecule has 3 nitrogen and oxygen atoms in total. The van der Waals surface area contributed by atoms with Crippen LogP contribution in [0.4, 0.5) is 4.39 Å². The van der Waals surface area contributed by atoms with Crippen molar-refractivity contribution in [3.05, 3.63) is 29.6 Å². The number of rotatable bonds is 5. The van der Waals surface area contributed by atoms with Crippen LogP contribution in [0.2, 0.25) is 0 Å². The van der Waals surface area contributed by atoms with Crippen molar-refractivity contribution in [3.63, 3.8) is 0 Å². The lowest BCUT2D eigenvalue weighted by atomic mass is 9.94. The van der Waals surface area contributed by atoms with Gasteiger partial charge in [-0.25, -0.2) is 4.39 Å². The first-order valence-corrected chi connectivity index (χ1v) is 8.55. The summed E-state index contributed by atoms with van der Waals surface area (Å²) in [5.41, 5.74) is 0.669. The fraction of sp³-hybridized carbons (Fsp3) is 0.562. The second kappa shape index (κ2) is 7.69. The smallest absolute Gasteiger partial charge is 0.224 e. The number of amides is 1. The van der Waals surface area contributed by atoms with Gasteiger partial charge >= 0.3 is 0 Å². The molecule has 1 N–H and O–H groups in total. The molecule has 0 saturated heterocycles. The molecule has 116 valence electrons. The Hall–Kier alpha value is -1.23. The predicted octanol–water partition coefficient (Wildman–Crippen LogP) is 3.17. The van der Waals surface area contributed by atoms with Crippen LogP contribution in [0.15, 0.2) is 18.2 Å². The van der Waals surface area contributed by atoms with Crippen molar-refractivity contribution in [1.82, 2.24) is 5.32 Å². The van der Waals surface area contributed by atoms with Crippen molar-refractivity contribution in [2.75, 3.05) is 13.4 Å². The molecular weight excluding hydrogens is 289 g/mol. The fourth-order valence-corrected chi connectivity index (χ4v) is 3.60. The van der Waals surface area contributed by atoms with Crippen molar-refractivity contribution in [1.29, 1.82) is 0 Å². The van der Waals surface area contributed by atoms with Crippen LogP contribution in [-0.4, -0.2) is 30.6 Å². The number of carbonyl (C=O) groups excluding carboxylic acids is 1. The van der Waals surface area contributed by atoms with Gasteiger partial charge in [0.2, 0.25) is 5.91 Å². The Morgan fingerprint density at radius 2 is 2.29 bits per heavy atom. The molecule has 1 aromatic carbocycles. The number of halogens is 1. The highest BCUT2D eigenvalue weighted by molar-refractivity contribution is 7.99. The van der Waals surface area contributed by atoms with Gasteiger partial charge in [-0.1, -0.05) is 12.5 Å². The molecule has 0 unspecified atom stereocenters. The van der Waals surface area contributed by atoms with Gasteiger partial charge < -0.3 is 10.1 Å². The highest BCUT2D eigenvalue weighted by atomic mass is 32.2. The Morgan fingerprint density at radius 1 is 1.48 bits per heavy atom. The molecule has 0 heterocycles. The van der Waals surface area contributed by atoms with E-state index < -0.39 is 5.82 Å². The summed E-state index contributed by atoms with van der Waals surface area (Å²) in [6.45, 7) is 0. The molecule has 0 spiro atoms. The average molecular weight is 311 g/mol. The number of ether oxygens (including phenoxy) is 1. The third-order valence-corrected chi connectivity index (χ3v) is 5.00. The largest absolute Gasteiger partial charge is 0.494 e. The monoisotopic (exact) mass is 311 g/mol. The third kappa shape index (κ3) is 4.63. The zero-order valence-corrected chi connectivity index (χ0v) is 13.3. The molecule has 0 bridgehead atoms. The summed E-state index contributed by atoms with van der Waals surface area (Å²) in [5.74, 6) is -0.261. The molecule has 1 amide bonds. The molecule has 0 aliphatic heterocycles. The van der Waals surface area contributed by atoms with Crippen molar-refractivity contribution in [2.24, 2.45) is 0 Å². The summed E-state index contributed by atoms with van der Waals surface area (Å²) in [7, 11) is 1.43. The summed E-state index contributed by atoms with van der Waals surface area (Å²) in [5, 5.41) is 3.71. The second-order valence-corrected chi connectivity index (χ2v) is 6.57. The molecule has 1 saturated carbocycles. The highest BCUT2D eigenvalue weighted by Gasteiger charge is 2.22. The number of hydrogen-bond donors (Lipinski definition) is 1. The van der Waals surface area contributed by atoms with E-state index in [1.165, 1.54) is 19.6 Å². The number of hydrogen-bond acceptors (Lipinski definition) is 3. The summed E-state index contributed by atoms with van der Waals surface area (Å²) >= 11 is 1.87. The van der Waals surface area contributed by atoms with Crippen LogP contribution in [0.1, 0.15) is 31.2 Å². The third-order valence-electron chi connectivity index (χ3n) is 3.91. The standard InChI is InChI=1S/C16H22FNO2S/c1-20-15-7-6-11(8-14(15)17)9-16(19)18-12-4-3-5-13(10-12)21-2/h6-8,12-13H,3-5,9-10H2,1-2H3,(H,18,19)/t12-,13+/m1/s1. The Kier molecular flexibility index (Phi) is 5.91. The van der Waals surface area contributed by atoms with Gasteiger partial charge in [0, 0.05) is 11.3 Å². The zero-order chi connectivity index (χ0) is 15.2. The number of methoxy groups -OCH3 is 1.